The Bertz CT molecular complexity index is 223. The number of rotatable bonds is 6. The number of hydrogen-bond donors (Lipinski definition) is 2. The average Bonchev–Trinajstić information content (AvgIpc) is 2.78. The molecule has 1 fully saturated rings. The van der Waals surface area contributed by atoms with Crippen molar-refractivity contribution in [1.29, 1.82) is 0 Å². The fourth-order valence-corrected chi connectivity index (χ4v) is 1.52. The maximum atomic E-state index is 11.6. The minimum Gasteiger partial charge on any atom is -0.376 e. The molecule has 0 saturated carbocycles. The molecule has 3 N–H and O–H groups in total. The van der Waals surface area contributed by atoms with Gasteiger partial charge in [-0.15, -0.1) is 12.4 Å². The minimum absolute atomic E-state index is 0. The zero-order chi connectivity index (χ0) is 12.0. The van der Waals surface area contributed by atoms with Crippen LogP contribution in [0, 0.1) is 0 Å². The van der Waals surface area contributed by atoms with Crippen molar-refractivity contribution in [3.8, 4) is 0 Å². The van der Waals surface area contributed by atoms with Gasteiger partial charge in [0.2, 0.25) is 5.91 Å². The van der Waals surface area contributed by atoms with E-state index in [0.717, 1.165) is 19.4 Å². The summed E-state index contributed by atoms with van der Waals surface area (Å²) in [5.74, 6) is -0.115. The Morgan fingerprint density at radius 3 is 2.82 bits per heavy atom. The predicted molar refractivity (Wildman–Crippen MR) is 68.3 cm³/mol. The van der Waals surface area contributed by atoms with E-state index >= 15 is 0 Å². The summed E-state index contributed by atoms with van der Waals surface area (Å²) in [5, 5.41) is 2.77. The van der Waals surface area contributed by atoms with Crippen molar-refractivity contribution in [3.63, 3.8) is 0 Å². The normalized spacial score (nSPS) is 22.6. The Kier molecular flexibility index (Phi) is 8.51. The van der Waals surface area contributed by atoms with Crippen molar-refractivity contribution in [2.75, 3.05) is 19.8 Å². The first-order valence-corrected chi connectivity index (χ1v) is 5.87. The van der Waals surface area contributed by atoms with Crippen LogP contribution in [0.25, 0.3) is 0 Å². The molecule has 0 bridgehead atoms. The second kappa shape index (κ2) is 8.69. The maximum absolute atomic E-state index is 11.6. The molecule has 0 aliphatic carbocycles. The molecule has 0 aromatic carbocycles. The molecule has 0 aromatic rings. The molecule has 1 rings (SSSR count). The number of carbonyl (C=O) groups excluding carboxylic acids is 1. The average molecular weight is 267 g/mol. The highest BCUT2D eigenvalue weighted by atomic mass is 35.5. The van der Waals surface area contributed by atoms with E-state index in [1.54, 1.807) is 6.92 Å². The fourth-order valence-electron chi connectivity index (χ4n) is 1.52. The SMILES string of the molecule is CC(OCC1CCCO1)C(=O)N[C@@H](C)CN.Cl. The van der Waals surface area contributed by atoms with Gasteiger partial charge in [-0.1, -0.05) is 0 Å². The van der Waals surface area contributed by atoms with Gasteiger partial charge in [-0.25, -0.2) is 0 Å². The van der Waals surface area contributed by atoms with Crippen LogP contribution in [-0.4, -0.2) is 43.9 Å². The maximum Gasteiger partial charge on any atom is 0.249 e. The number of nitrogens with two attached hydrogens (primary N) is 1. The Balaban J connectivity index is 0.00000256. The number of nitrogens with one attached hydrogen (secondary N) is 1. The summed E-state index contributed by atoms with van der Waals surface area (Å²) >= 11 is 0. The van der Waals surface area contributed by atoms with E-state index in [2.05, 4.69) is 5.32 Å². The van der Waals surface area contributed by atoms with Crippen LogP contribution in [0.5, 0.6) is 0 Å². The van der Waals surface area contributed by atoms with E-state index in [4.69, 9.17) is 15.2 Å². The molecule has 3 atom stereocenters. The largest absolute Gasteiger partial charge is 0.376 e. The van der Waals surface area contributed by atoms with Gasteiger partial charge in [0.1, 0.15) is 6.10 Å². The first kappa shape index (κ1) is 16.6. The van der Waals surface area contributed by atoms with Crippen LogP contribution < -0.4 is 11.1 Å². The molecule has 1 amide bonds. The summed E-state index contributed by atoms with van der Waals surface area (Å²) in [7, 11) is 0. The summed E-state index contributed by atoms with van der Waals surface area (Å²) in [6.45, 7) is 5.34. The van der Waals surface area contributed by atoms with Crippen LogP contribution >= 0.6 is 12.4 Å². The molecule has 2 unspecified atom stereocenters. The van der Waals surface area contributed by atoms with Crippen molar-refractivity contribution in [2.45, 2.75) is 44.9 Å². The lowest BCUT2D eigenvalue weighted by atomic mass is 10.2. The van der Waals surface area contributed by atoms with Gasteiger partial charge in [0.15, 0.2) is 0 Å². The highest BCUT2D eigenvalue weighted by Gasteiger charge is 2.20. The molecule has 1 aliphatic heterocycles. The number of ether oxygens (including phenoxy) is 2. The molecule has 1 aliphatic rings. The van der Waals surface area contributed by atoms with Crippen LogP contribution in [0.3, 0.4) is 0 Å². The molecular weight excluding hydrogens is 244 g/mol. The van der Waals surface area contributed by atoms with E-state index in [1.165, 1.54) is 0 Å². The third kappa shape index (κ3) is 6.21. The molecule has 17 heavy (non-hydrogen) atoms. The number of amides is 1. The fraction of sp³-hybridized carbons (Fsp3) is 0.909. The molecule has 6 heteroatoms. The first-order chi connectivity index (χ1) is 7.63. The van der Waals surface area contributed by atoms with Crippen LogP contribution in [0.1, 0.15) is 26.7 Å². The molecular formula is C11H23ClN2O3. The molecule has 5 nitrogen and oxygen atoms in total. The lowest BCUT2D eigenvalue weighted by molar-refractivity contribution is -0.134. The van der Waals surface area contributed by atoms with Gasteiger partial charge in [-0.2, -0.15) is 0 Å². The summed E-state index contributed by atoms with van der Waals surface area (Å²) in [6.07, 6.45) is 1.81. The second-order valence-corrected chi connectivity index (χ2v) is 4.26. The molecule has 0 radical (unpaired) electrons. The molecule has 1 saturated heterocycles. The van der Waals surface area contributed by atoms with E-state index in [-0.39, 0.29) is 30.5 Å². The summed E-state index contributed by atoms with van der Waals surface area (Å²) in [6, 6.07) is -0.0127. The smallest absolute Gasteiger partial charge is 0.249 e. The molecule has 102 valence electrons. The Labute approximate surface area is 109 Å². The summed E-state index contributed by atoms with van der Waals surface area (Å²) < 4.78 is 10.9. The highest BCUT2D eigenvalue weighted by molar-refractivity contribution is 5.85. The Morgan fingerprint density at radius 2 is 2.29 bits per heavy atom. The lowest BCUT2D eigenvalue weighted by Crippen LogP contribution is -2.43. The van der Waals surface area contributed by atoms with Gasteiger partial charge < -0.3 is 20.5 Å². The first-order valence-electron chi connectivity index (χ1n) is 5.87. The van der Waals surface area contributed by atoms with Gasteiger partial charge in [0.05, 0.1) is 12.7 Å². The van der Waals surface area contributed by atoms with Gasteiger partial charge in [-0.05, 0) is 26.7 Å². The Hall–Kier alpha value is -0.360. The van der Waals surface area contributed by atoms with Gasteiger partial charge >= 0.3 is 0 Å². The quantitative estimate of drug-likeness (QED) is 0.732. The second-order valence-electron chi connectivity index (χ2n) is 4.26. The topological polar surface area (TPSA) is 73.6 Å². The number of halogens is 1. The van der Waals surface area contributed by atoms with Gasteiger partial charge in [-0.3, -0.25) is 4.79 Å². The van der Waals surface area contributed by atoms with Crippen LogP contribution in [0.4, 0.5) is 0 Å². The van der Waals surface area contributed by atoms with Crippen LogP contribution in [0.2, 0.25) is 0 Å². The number of carbonyl (C=O) groups is 1. The lowest BCUT2D eigenvalue weighted by Gasteiger charge is -2.18. The molecule has 1 heterocycles. The predicted octanol–water partition coefficient (Wildman–Crippen LogP) is 0.456. The molecule has 0 spiro atoms. The highest BCUT2D eigenvalue weighted by Crippen LogP contribution is 2.12. The van der Waals surface area contributed by atoms with E-state index in [0.29, 0.717) is 13.2 Å². The monoisotopic (exact) mass is 266 g/mol. The van der Waals surface area contributed by atoms with Crippen molar-refractivity contribution in [2.24, 2.45) is 5.73 Å². The number of hydrogen-bond acceptors (Lipinski definition) is 4. The van der Waals surface area contributed by atoms with Crippen LogP contribution in [-0.2, 0) is 14.3 Å². The van der Waals surface area contributed by atoms with E-state index in [1.807, 2.05) is 6.92 Å². The van der Waals surface area contributed by atoms with Crippen molar-refractivity contribution < 1.29 is 14.3 Å². The third-order valence-electron chi connectivity index (χ3n) is 2.67. The summed E-state index contributed by atoms with van der Waals surface area (Å²) in [5.41, 5.74) is 5.42. The third-order valence-corrected chi connectivity index (χ3v) is 2.67. The summed E-state index contributed by atoms with van der Waals surface area (Å²) in [4.78, 5) is 11.6. The zero-order valence-electron chi connectivity index (χ0n) is 10.5. The van der Waals surface area contributed by atoms with Crippen LogP contribution in [0.15, 0.2) is 0 Å². The van der Waals surface area contributed by atoms with Crippen molar-refractivity contribution in [3.05, 3.63) is 0 Å². The van der Waals surface area contributed by atoms with Crippen molar-refractivity contribution >= 4 is 18.3 Å². The van der Waals surface area contributed by atoms with Gasteiger partial charge in [0, 0.05) is 19.2 Å². The van der Waals surface area contributed by atoms with Gasteiger partial charge in [0.25, 0.3) is 0 Å². The molecule has 0 aromatic heterocycles. The minimum atomic E-state index is -0.446. The van der Waals surface area contributed by atoms with E-state index < -0.39 is 6.10 Å². The zero-order valence-corrected chi connectivity index (χ0v) is 11.3. The standard InChI is InChI=1S/C11H22N2O3.ClH/c1-8(6-12)13-11(14)9(2)16-7-10-4-3-5-15-10;/h8-10H,3-7,12H2,1-2H3,(H,13,14);1H/t8-,9?,10?;/m0./s1. The van der Waals surface area contributed by atoms with E-state index in [9.17, 15) is 4.79 Å². The Morgan fingerprint density at radius 1 is 1.59 bits per heavy atom. The van der Waals surface area contributed by atoms with Crippen molar-refractivity contribution in [1.82, 2.24) is 5.32 Å².